The van der Waals surface area contributed by atoms with Gasteiger partial charge in [-0.25, -0.2) is 0 Å². The van der Waals surface area contributed by atoms with Gasteiger partial charge in [0.25, 0.3) is 0 Å². The summed E-state index contributed by atoms with van der Waals surface area (Å²) >= 11 is 0. The van der Waals surface area contributed by atoms with Gasteiger partial charge in [-0.3, -0.25) is 9.78 Å². The Morgan fingerprint density at radius 2 is 1.93 bits per heavy atom. The van der Waals surface area contributed by atoms with Crippen LogP contribution in [0, 0.1) is 5.92 Å². The number of methoxy groups -OCH3 is 1. The number of carbonyl (C=O) groups is 1. The molecule has 30 heavy (non-hydrogen) atoms. The van der Waals surface area contributed by atoms with Crippen LogP contribution in [0.2, 0.25) is 0 Å². The summed E-state index contributed by atoms with van der Waals surface area (Å²) in [6.07, 6.45) is 4.75. The van der Waals surface area contributed by atoms with E-state index in [9.17, 15) is 4.79 Å². The summed E-state index contributed by atoms with van der Waals surface area (Å²) in [6.45, 7) is 1.44. The monoisotopic (exact) mass is 398 g/mol. The molecule has 1 saturated carbocycles. The molecule has 1 amide bonds. The van der Waals surface area contributed by atoms with Crippen molar-refractivity contribution in [2.24, 2.45) is 5.92 Å². The molecule has 2 aliphatic rings. The summed E-state index contributed by atoms with van der Waals surface area (Å²) in [5.41, 5.74) is 6.95. The molecule has 2 atom stereocenters. The minimum Gasteiger partial charge on any atom is -0.380 e. The molecule has 0 bridgehead atoms. The first-order valence-electron chi connectivity index (χ1n) is 10.7. The number of benzene rings is 2. The van der Waals surface area contributed by atoms with E-state index in [2.05, 4.69) is 47.4 Å². The molecule has 2 unspecified atom stereocenters. The predicted octanol–water partition coefficient (Wildman–Crippen LogP) is 4.98. The summed E-state index contributed by atoms with van der Waals surface area (Å²) < 4.78 is 5.20. The number of rotatable bonds is 5. The Morgan fingerprint density at radius 1 is 1.10 bits per heavy atom. The van der Waals surface area contributed by atoms with E-state index in [0.717, 1.165) is 37.2 Å². The summed E-state index contributed by atoms with van der Waals surface area (Å²) in [6, 6.07) is 21.0. The fraction of sp³-hybridized carbons (Fsp3) is 0.308. The molecule has 4 heteroatoms. The lowest BCUT2D eigenvalue weighted by Crippen LogP contribution is -2.36. The van der Waals surface area contributed by atoms with Crippen LogP contribution >= 0.6 is 0 Å². The summed E-state index contributed by atoms with van der Waals surface area (Å²) in [4.78, 5) is 19.7. The largest absolute Gasteiger partial charge is 0.380 e. The smallest absolute Gasteiger partial charge is 0.230 e. The van der Waals surface area contributed by atoms with Crippen LogP contribution in [-0.2, 0) is 22.6 Å². The number of anilines is 1. The second kappa shape index (κ2) is 8.04. The molecule has 2 heterocycles. The highest BCUT2D eigenvalue weighted by molar-refractivity contribution is 5.98. The number of hydrogen-bond acceptors (Lipinski definition) is 3. The van der Waals surface area contributed by atoms with Crippen molar-refractivity contribution in [3.63, 3.8) is 0 Å². The van der Waals surface area contributed by atoms with E-state index in [1.165, 1.54) is 22.3 Å². The van der Waals surface area contributed by atoms with Crippen LogP contribution < -0.4 is 4.90 Å². The number of amides is 1. The SMILES string of the molecule is COCc1ccc(-c2ccc3c(c2)CCCN3C(=O)C2CC2c2ccccn2)cc1. The molecule has 0 spiro atoms. The van der Waals surface area contributed by atoms with E-state index < -0.39 is 0 Å². The molecule has 152 valence electrons. The zero-order valence-electron chi connectivity index (χ0n) is 17.3. The van der Waals surface area contributed by atoms with Gasteiger partial charge in [0.2, 0.25) is 5.91 Å². The first-order valence-corrected chi connectivity index (χ1v) is 10.7. The van der Waals surface area contributed by atoms with Crippen molar-refractivity contribution in [2.45, 2.75) is 31.8 Å². The van der Waals surface area contributed by atoms with Crippen LogP contribution in [0.5, 0.6) is 0 Å². The topological polar surface area (TPSA) is 42.4 Å². The van der Waals surface area contributed by atoms with Crippen molar-refractivity contribution in [3.05, 3.63) is 83.7 Å². The van der Waals surface area contributed by atoms with Crippen LogP contribution in [0.15, 0.2) is 66.9 Å². The second-order valence-electron chi connectivity index (χ2n) is 8.27. The Labute approximate surface area is 177 Å². The van der Waals surface area contributed by atoms with Gasteiger partial charge in [-0.05, 0) is 65.8 Å². The van der Waals surface area contributed by atoms with Crippen LogP contribution in [0.4, 0.5) is 5.69 Å². The lowest BCUT2D eigenvalue weighted by Gasteiger charge is -2.30. The first kappa shape index (κ1) is 19.0. The quantitative estimate of drug-likeness (QED) is 0.609. The molecule has 0 N–H and O–H groups in total. The zero-order valence-corrected chi connectivity index (χ0v) is 17.3. The van der Waals surface area contributed by atoms with Gasteiger partial charge in [-0.15, -0.1) is 0 Å². The van der Waals surface area contributed by atoms with Gasteiger partial charge in [-0.2, -0.15) is 0 Å². The molecular weight excluding hydrogens is 372 g/mol. The van der Waals surface area contributed by atoms with Crippen LogP contribution in [0.25, 0.3) is 11.1 Å². The van der Waals surface area contributed by atoms with Crippen molar-refractivity contribution < 1.29 is 9.53 Å². The van der Waals surface area contributed by atoms with E-state index in [4.69, 9.17) is 4.74 Å². The van der Waals surface area contributed by atoms with Crippen molar-refractivity contribution in [1.29, 1.82) is 0 Å². The highest BCUT2D eigenvalue weighted by Gasteiger charge is 2.47. The molecule has 2 aromatic carbocycles. The molecule has 0 saturated heterocycles. The Bertz CT molecular complexity index is 1050. The van der Waals surface area contributed by atoms with Crippen molar-refractivity contribution >= 4 is 11.6 Å². The van der Waals surface area contributed by atoms with Gasteiger partial charge < -0.3 is 9.64 Å². The third-order valence-electron chi connectivity index (χ3n) is 6.24. The van der Waals surface area contributed by atoms with E-state index >= 15 is 0 Å². The highest BCUT2D eigenvalue weighted by Crippen LogP contribution is 2.48. The number of nitrogens with zero attached hydrogens (tertiary/aromatic N) is 2. The van der Waals surface area contributed by atoms with Gasteiger partial charge in [0.15, 0.2) is 0 Å². The Hall–Kier alpha value is -2.98. The summed E-state index contributed by atoms with van der Waals surface area (Å²) in [5, 5.41) is 0. The molecule has 5 rings (SSSR count). The normalized spacial score (nSPS) is 20.0. The molecule has 1 aliphatic heterocycles. The summed E-state index contributed by atoms with van der Waals surface area (Å²) in [7, 11) is 1.71. The van der Waals surface area contributed by atoms with Crippen molar-refractivity contribution in [3.8, 4) is 11.1 Å². The number of aromatic nitrogens is 1. The molecule has 1 aromatic heterocycles. The molecule has 3 aromatic rings. The first-order chi connectivity index (χ1) is 14.7. The lowest BCUT2D eigenvalue weighted by molar-refractivity contribution is -0.120. The number of ether oxygens (including phenoxy) is 1. The number of carbonyl (C=O) groups excluding carboxylic acids is 1. The van der Waals surface area contributed by atoms with Crippen molar-refractivity contribution in [1.82, 2.24) is 4.98 Å². The van der Waals surface area contributed by atoms with E-state index in [1.807, 2.05) is 29.3 Å². The Balaban J connectivity index is 1.35. The average Bonchev–Trinajstić information content (AvgIpc) is 3.60. The fourth-order valence-electron chi connectivity index (χ4n) is 4.56. The second-order valence-corrected chi connectivity index (χ2v) is 8.27. The Morgan fingerprint density at radius 3 is 2.70 bits per heavy atom. The van der Waals surface area contributed by atoms with Crippen LogP contribution in [-0.4, -0.2) is 24.5 Å². The number of hydrogen-bond donors (Lipinski definition) is 0. The minimum atomic E-state index is 0.0684. The van der Waals surface area contributed by atoms with Gasteiger partial charge in [-0.1, -0.05) is 36.4 Å². The number of aryl methyl sites for hydroxylation is 1. The third-order valence-corrected chi connectivity index (χ3v) is 6.24. The van der Waals surface area contributed by atoms with Gasteiger partial charge in [0.05, 0.1) is 6.61 Å². The third kappa shape index (κ3) is 3.63. The number of fused-ring (bicyclic) bond motifs is 1. The van der Waals surface area contributed by atoms with Gasteiger partial charge in [0, 0.05) is 43.1 Å². The maximum absolute atomic E-state index is 13.2. The number of pyridine rings is 1. The maximum atomic E-state index is 13.2. The summed E-state index contributed by atoms with van der Waals surface area (Å²) in [5.74, 6) is 0.594. The van der Waals surface area contributed by atoms with Crippen LogP contribution in [0.3, 0.4) is 0 Å². The average molecular weight is 399 g/mol. The Kier molecular flexibility index (Phi) is 5.09. The molecular formula is C26H26N2O2. The standard InChI is InChI=1S/C26H26N2O2/c1-30-17-18-7-9-19(10-8-18)20-11-12-25-21(15-20)5-4-14-28(25)26(29)23-16-22(23)24-6-2-3-13-27-24/h2-3,6-13,15,22-23H,4-5,14,16-17H2,1H3. The highest BCUT2D eigenvalue weighted by atomic mass is 16.5. The van der Waals surface area contributed by atoms with Gasteiger partial charge >= 0.3 is 0 Å². The fourth-order valence-corrected chi connectivity index (χ4v) is 4.56. The van der Waals surface area contributed by atoms with E-state index in [0.29, 0.717) is 6.61 Å². The molecule has 4 nitrogen and oxygen atoms in total. The van der Waals surface area contributed by atoms with E-state index in [1.54, 1.807) is 7.11 Å². The molecule has 1 aliphatic carbocycles. The van der Waals surface area contributed by atoms with Crippen molar-refractivity contribution in [2.75, 3.05) is 18.6 Å². The van der Waals surface area contributed by atoms with Gasteiger partial charge in [0.1, 0.15) is 0 Å². The minimum absolute atomic E-state index is 0.0684. The molecule has 1 fully saturated rings. The van der Waals surface area contributed by atoms with E-state index in [-0.39, 0.29) is 17.7 Å². The lowest BCUT2D eigenvalue weighted by atomic mass is 9.95. The van der Waals surface area contributed by atoms with Crippen LogP contribution in [0.1, 0.15) is 35.6 Å². The molecule has 0 radical (unpaired) electrons. The maximum Gasteiger partial charge on any atom is 0.230 e. The zero-order chi connectivity index (χ0) is 20.5. The predicted molar refractivity (Wildman–Crippen MR) is 118 cm³/mol.